The van der Waals surface area contributed by atoms with Crippen molar-refractivity contribution in [3.05, 3.63) is 77.9 Å². The van der Waals surface area contributed by atoms with Crippen molar-refractivity contribution < 1.29 is 4.79 Å². The molecule has 27 heavy (non-hydrogen) atoms. The first-order valence-electron chi connectivity index (χ1n) is 9.16. The lowest BCUT2D eigenvalue weighted by Gasteiger charge is -2.13. The molecule has 1 aliphatic heterocycles. The predicted octanol–water partition coefficient (Wildman–Crippen LogP) is 5.38. The van der Waals surface area contributed by atoms with E-state index in [1.807, 2.05) is 42.5 Å². The van der Waals surface area contributed by atoms with E-state index in [0.29, 0.717) is 11.5 Å². The normalized spacial score (nSPS) is 12.8. The minimum atomic E-state index is -0.103. The average molecular weight is 353 g/mol. The minimum absolute atomic E-state index is 0.103. The van der Waals surface area contributed by atoms with Crippen LogP contribution in [0.3, 0.4) is 0 Å². The van der Waals surface area contributed by atoms with Crippen LogP contribution in [-0.4, -0.2) is 15.5 Å². The van der Waals surface area contributed by atoms with Crippen LogP contribution in [0, 0.1) is 0 Å². The molecule has 1 amide bonds. The molecule has 0 fully saturated rings. The molecule has 1 aliphatic rings. The van der Waals surface area contributed by atoms with Crippen LogP contribution in [0.15, 0.2) is 66.7 Å². The number of hydrogen-bond acceptors (Lipinski definition) is 2. The van der Waals surface area contributed by atoms with Gasteiger partial charge in [0.15, 0.2) is 0 Å². The van der Waals surface area contributed by atoms with Gasteiger partial charge in [0, 0.05) is 5.56 Å². The van der Waals surface area contributed by atoms with Gasteiger partial charge in [-0.1, -0.05) is 50.2 Å². The Balaban J connectivity index is 1.90. The van der Waals surface area contributed by atoms with Crippen molar-refractivity contribution in [2.45, 2.75) is 19.8 Å². The number of para-hydroxylation sites is 3. The van der Waals surface area contributed by atoms with Crippen molar-refractivity contribution >= 4 is 22.6 Å². The molecule has 5 rings (SSSR count). The van der Waals surface area contributed by atoms with Crippen LogP contribution < -0.4 is 5.32 Å². The molecule has 0 spiro atoms. The van der Waals surface area contributed by atoms with Crippen molar-refractivity contribution in [2.75, 3.05) is 5.32 Å². The van der Waals surface area contributed by atoms with Gasteiger partial charge in [-0.2, -0.15) is 0 Å². The van der Waals surface area contributed by atoms with E-state index >= 15 is 0 Å². The van der Waals surface area contributed by atoms with Gasteiger partial charge in [-0.25, -0.2) is 4.98 Å². The Labute approximate surface area is 157 Å². The Kier molecular flexibility index (Phi) is 3.41. The van der Waals surface area contributed by atoms with Gasteiger partial charge < -0.3 is 5.32 Å². The van der Waals surface area contributed by atoms with Crippen LogP contribution in [0.25, 0.3) is 28.1 Å². The number of amides is 1. The maximum atomic E-state index is 12.8. The van der Waals surface area contributed by atoms with Crippen LogP contribution >= 0.6 is 0 Å². The van der Waals surface area contributed by atoms with E-state index in [1.165, 1.54) is 5.56 Å². The molecule has 1 aromatic heterocycles. The number of hydrogen-bond donors (Lipinski definition) is 1. The largest absolute Gasteiger partial charge is 0.320 e. The Morgan fingerprint density at radius 1 is 0.963 bits per heavy atom. The Morgan fingerprint density at radius 2 is 1.78 bits per heavy atom. The third-order valence-electron chi connectivity index (χ3n) is 5.13. The summed E-state index contributed by atoms with van der Waals surface area (Å²) in [5.74, 6) is 1.18. The Bertz CT molecular complexity index is 1200. The lowest BCUT2D eigenvalue weighted by atomic mass is 10.0. The number of fused-ring (bicyclic) bond motifs is 2. The highest BCUT2D eigenvalue weighted by Crippen LogP contribution is 2.36. The summed E-state index contributed by atoms with van der Waals surface area (Å²) in [6, 6.07) is 22.1. The Hall–Kier alpha value is -3.40. The van der Waals surface area contributed by atoms with Crippen LogP contribution in [-0.2, 0) is 0 Å². The predicted molar refractivity (Wildman–Crippen MR) is 109 cm³/mol. The number of nitrogens with one attached hydrogen (secondary N) is 1. The van der Waals surface area contributed by atoms with Gasteiger partial charge in [0.1, 0.15) is 5.82 Å². The zero-order chi connectivity index (χ0) is 18.5. The maximum absolute atomic E-state index is 12.8. The van der Waals surface area contributed by atoms with E-state index in [0.717, 1.165) is 33.8 Å². The smallest absolute Gasteiger partial charge is 0.257 e. The summed E-state index contributed by atoms with van der Waals surface area (Å²) in [6.07, 6.45) is 0. The lowest BCUT2D eigenvalue weighted by Crippen LogP contribution is -2.10. The molecular formula is C23H19N3O. The van der Waals surface area contributed by atoms with Crippen molar-refractivity contribution in [1.82, 2.24) is 9.55 Å². The first kappa shape index (κ1) is 15.8. The molecular weight excluding hydrogens is 334 g/mol. The highest BCUT2D eigenvalue weighted by molar-refractivity contribution is 6.14. The van der Waals surface area contributed by atoms with E-state index in [1.54, 1.807) is 0 Å². The monoisotopic (exact) mass is 353 g/mol. The molecule has 0 saturated carbocycles. The second kappa shape index (κ2) is 5.81. The second-order valence-electron chi connectivity index (χ2n) is 7.20. The number of rotatable bonds is 2. The van der Waals surface area contributed by atoms with Crippen LogP contribution in [0.5, 0.6) is 0 Å². The van der Waals surface area contributed by atoms with Crippen molar-refractivity contribution in [2.24, 2.45) is 0 Å². The summed E-state index contributed by atoms with van der Waals surface area (Å²) in [5, 5.41) is 3.04. The third kappa shape index (κ3) is 2.37. The molecule has 0 atom stereocenters. The molecule has 132 valence electrons. The second-order valence-corrected chi connectivity index (χ2v) is 7.20. The quantitative estimate of drug-likeness (QED) is 0.526. The fourth-order valence-corrected chi connectivity index (χ4v) is 3.74. The number of aromatic nitrogens is 2. The van der Waals surface area contributed by atoms with Crippen LogP contribution in [0.4, 0.5) is 5.69 Å². The molecule has 0 unspecified atom stereocenters. The Morgan fingerprint density at radius 3 is 2.63 bits per heavy atom. The number of anilines is 1. The van der Waals surface area contributed by atoms with Crippen molar-refractivity contribution in [1.29, 1.82) is 0 Å². The highest BCUT2D eigenvalue weighted by Gasteiger charge is 2.25. The molecule has 4 heteroatoms. The molecule has 4 nitrogen and oxygen atoms in total. The van der Waals surface area contributed by atoms with E-state index in [9.17, 15) is 4.79 Å². The van der Waals surface area contributed by atoms with Gasteiger partial charge in [-0.3, -0.25) is 9.36 Å². The van der Waals surface area contributed by atoms with Gasteiger partial charge in [0.05, 0.1) is 28.0 Å². The zero-order valence-electron chi connectivity index (χ0n) is 15.2. The van der Waals surface area contributed by atoms with Gasteiger partial charge in [-0.05, 0) is 41.8 Å². The van der Waals surface area contributed by atoms with Gasteiger partial charge in [0.25, 0.3) is 5.91 Å². The van der Waals surface area contributed by atoms with Crippen molar-refractivity contribution in [3.8, 4) is 17.1 Å². The summed E-state index contributed by atoms with van der Waals surface area (Å²) in [7, 11) is 0. The van der Waals surface area contributed by atoms with Crippen molar-refractivity contribution in [3.63, 3.8) is 0 Å². The lowest BCUT2D eigenvalue weighted by molar-refractivity contribution is 0.102. The number of carbonyl (C=O) groups excluding carboxylic acids is 1. The van der Waals surface area contributed by atoms with Gasteiger partial charge in [0.2, 0.25) is 0 Å². The first-order valence-corrected chi connectivity index (χ1v) is 9.16. The van der Waals surface area contributed by atoms with Gasteiger partial charge in [-0.15, -0.1) is 0 Å². The number of nitrogens with zero attached hydrogens (tertiary/aromatic N) is 2. The fraction of sp³-hybridized carbons (Fsp3) is 0.130. The topological polar surface area (TPSA) is 46.9 Å². The number of benzene rings is 3. The fourth-order valence-electron chi connectivity index (χ4n) is 3.74. The van der Waals surface area contributed by atoms with E-state index in [-0.39, 0.29) is 5.91 Å². The molecule has 4 aromatic rings. The number of imidazole rings is 1. The minimum Gasteiger partial charge on any atom is -0.320 e. The molecule has 0 aliphatic carbocycles. The van der Waals surface area contributed by atoms with E-state index in [2.05, 4.69) is 48.0 Å². The molecule has 2 heterocycles. The third-order valence-corrected chi connectivity index (χ3v) is 5.13. The van der Waals surface area contributed by atoms with Gasteiger partial charge >= 0.3 is 0 Å². The molecule has 0 bridgehead atoms. The first-order chi connectivity index (χ1) is 13.1. The molecule has 0 saturated heterocycles. The van der Waals surface area contributed by atoms with Crippen LogP contribution in [0.1, 0.15) is 35.7 Å². The van der Waals surface area contributed by atoms with E-state index < -0.39 is 0 Å². The molecule has 0 radical (unpaired) electrons. The summed E-state index contributed by atoms with van der Waals surface area (Å²) in [5.41, 5.74) is 6.36. The summed E-state index contributed by atoms with van der Waals surface area (Å²) in [6.45, 7) is 4.37. The molecule has 1 N–H and O–H groups in total. The average Bonchev–Trinajstić information content (AvgIpc) is 3.02. The van der Waals surface area contributed by atoms with Crippen LogP contribution in [0.2, 0.25) is 0 Å². The summed E-state index contributed by atoms with van der Waals surface area (Å²) < 4.78 is 2.11. The van der Waals surface area contributed by atoms with E-state index in [4.69, 9.17) is 4.98 Å². The highest BCUT2D eigenvalue weighted by atomic mass is 16.1. The maximum Gasteiger partial charge on any atom is 0.257 e. The SMILES string of the molecule is CC(C)c1cccc(-c2nc3cccc4c3n2-c2ccccc2NC4=O)c1. The molecule has 3 aromatic carbocycles. The zero-order valence-corrected chi connectivity index (χ0v) is 15.2. The summed E-state index contributed by atoms with van der Waals surface area (Å²) in [4.78, 5) is 17.7. The standard InChI is InChI=1S/C23H19N3O/c1-14(2)15-7-5-8-16(13-15)22-24-19-11-6-9-17-21(19)26(22)20-12-4-3-10-18(20)25-23(17)27/h3-14H,1-2H3,(H,25,27). The summed E-state index contributed by atoms with van der Waals surface area (Å²) >= 11 is 0. The number of carbonyl (C=O) groups is 1.